The van der Waals surface area contributed by atoms with Crippen LogP contribution in [0.25, 0.3) is 0 Å². The number of hydrogen-bond acceptors (Lipinski definition) is 5. The lowest BCUT2D eigenvalue weighted by Crippen LogP contribution is -2.38. The highest BCUT2D eigenvalue weighted by molar-refractivity contribution is 5.92. The normalized spacial score (nSPS) is 10.3. The lowest BCUT2D eigenvalue weighted by molar-refractivity contribution is -0.138. The molecule has 0 aromatic heterocycles. The molecule has 3 aromatic carbocycles. The van der Waals surface area contributed by atoms with E-state index in [1.807, 2.05) is 6.07 Å². The molecule has 182 valence electrons. The third kappa shape index (κ3) is 8.81. The van der Waals surface area contributed by atoms with E-state index < -0.39 is 18.6 Å². The first-order valence-electron chi connectivity index (χ1n) is 10.8. The lowest BCUT2D eigenvalue weighted by Gasteiger charge is -2.20. The van der Waals surface area contributed by atoms with Crippen molar-refractivity contribution in [1.82, 2.24) is 4.90 Å². The number of halogens is 1. The Bertz CT molecular complexity index is 1120. The second-order valence-electron chi connectivity index (χ2n) is 7.58. The van der Waals surface area contributed by atoms with Crippen molar-refractivity contribution in [1.29, 1.82) is 0 Å². The number of hydrogen-bond donors (Lipinski definition) is 2. The standard InChI is InChI=1S/C26H25FN2O6/c27-21-10-6-19(7-11-21)16-24(30)28-22-12-8-20(9-13-22)18-35-26(33)29(17-25(31)32)14-15-34-23-4-2-1-3-5-23/h1-13H,14-18H2,(H,28,30)(H,31,32). The molecular weight excluding hydrogens is 455 g/mol. The van der Waals surface area contributed by atoms with E-state index in [9.17, 15) is 18.8 Å². The minimum absolute atomic E-state index is 0.0407. The Kier molecular flexibility index (Phi) is 9.18. The molecule has 0 saturated heterocycles. The minimum Gasteiger partial charge on any atom is -0.492 e. The van der Waals surface area contributed by atoms with Gasteiger partial charge >= 0.3 is 12.1 Å². The Balaban J connectivity index is 1.46. The zero-order valence-electron chi connectivity index (χ0n) is 18.9. The van der Waals surface area contributed by atoms with Crippen LogP contribution in [0.4, 0.5) is 14.9 Å². The number of amides is 2. The largest absolute Gasteiger partial charge is 0.492 e. The number of nitrogens with zero attached hydrogens (tertiary/aromatic N) is 1. The van der Waals surface area contributed by atoms with Crippen LogP contribution in [0.2, 0.25) is 0 Å². The molecule has 2 amide bonds. The Hall–Kier alpha value is -4.40. The summed E-state index contributed by atoms with van der Waals surface area (Å²) in [6.45, 7) is -0.438. The molecule has 0 saturated carbocycles. The average Bonchev–Trinajstić information content (AvgIpc) is 2.84. The third-order valence-electron chi connectivity index (χ3n) is 4.84. The van der Waals surface area contributed by atoms with Crippen molar-refractivity contribution in [2.75, 3.05) is 25.0 Å². The van der Waals surface area contributed by atoms with Crippen molar-refractivity contribution in [2.24, 2.45) is 0 Å². The highest BCUT2D eigenvalue weighted by Crippen LogP contribution is 2.13. The first-order chi connectivity index (χ1) is 16.9. The number of benzene rings is 3. The van der Waals surface area contributed by atoms with Crippen LogP contribution in [0.1, 0.15) is 11.1 Å². The quantitative estimate of drug-likeness (QED) is 0.428. The van der Waals surface area contributed by atoms with Crippen molar-refractivity contribution >= 4 is 23.7 Å². The number of ether oxygens (including phenoxy) is 2. The van der Waals surface area contributed by atoms with E-state index in [-0.39, 0.29) is 37.9 Å². The van der Waals surface area contributed by atoms with Gasteiger partial charge in [-0.1, -0.05) is 42.5 Å². The van der Waals surface area contributed by atoms with Crippen molar-refractivity contribution in [3.8, 4) is 5.75 Å². The summed E-state index contributed by atoms with van der Waals surface area (Å²) in [6.07, 6.45) is -0.673. The van der Waals surface area contributed by atoms with Crippen LogP contribution in [-0.2, 0) is 27.4 Å². The molecule has 0 bridgehead atoms. The highest BCUT2D eigenvalue weighted by Gasteiger charge is 2.18. The van der Waals surface area contributed by atoms with Crippen LogP contribution in [0.5, 0.6) is 5.75 Å². The summed E-state index contributed by atoms with van der Waals surface area (Å²) < 4.78 is 23.8. The zero-order chi connectivity index (χ0) is 25.0. The first kappa shape index (κ1) is 25.2. The fourth-order valence-corrected chi connectivity index (χ4v) is 3.10. The van der Waals surface area contributed by atoms with Gasteiger partial charge < -0.3 is 19.9 Å². The van der Waals surface area contributed by atoms with Crippen molar-refractivity contribution < 1.29 is 33.4 Å². The molecule has 0 aliphatic rings. The number of aliphatic carboxylic acids is 1. The number of para-hydroxylation sites is 1. The van der Waals surface area contributed by atoms with Gasteiger partial charge in [0.25, 0.3) is 0 Å². The predicted molar refractivity (Wildman–Crippen MR) is 127 cm³/mol. The van der Waals surface area contributed by atoms with Gasteiger partial charge in [-0.15, -0.1) is 0 Å². The summed E-state index contributed by atoms with van der Waals surface area (Å²) in [4.78, 5) is 36.8. The van der Waals surface area contributed by atoms with Crippen molar-refractivity contribution in [2.45, 2.75) is 13.0 Å². The molecule has 0 heterocycles. The Labute approximate surface area is 201 Å². The van der Waals surface area contributed by atoms with Crippen molar-refractivity contribution in [3.05, 3.63) is 95.8 Å². The topological polar surface area (TPSA) is 105 Å². The number of anilines is 1. The van der Waals surface area contributed by atoms with Gasteiger partial charge in [-0.2, -0.15) is 0 Å². The average molecular weight is 480 g/mol. The summed E-state index contributed by atoms with van der Waals surface area (Å²) in [6, 6.07) is 21.4. The van der Waals surface area contributed by atoms with E-state index >= 15 is 0 Å². The van der Waals surface area contributed by atoms with Gasteiger partial charge in [0.2, 0.25) is 5.91 Å². The van der Waals surface area contributed by atoms with Gasteiger partial charge in [0.1, 0.15) is 31.3 Å². The van der Waals surface area contributed by atoms with E-state index in [4.69, 9.17) is 14.6 Å². The molecule has 0 atom stereocenters. The molecule has 0 radical (unpaired) electrons. The molecular formula is C26H25FN2O6. The predicted octanol–water partition coefficient (Wildman–Crippen LogP) is 4.11. The highest BCUT2D eigenvalue weighted by atomic mass is 19.1. The number of nitrogens with one attached hydrogen (secondary N) is 1. The molecule has 35 heavy (non-hydrogen) atoms. The smallest absolute Gasteiger partial charge is 0.410 e. The second kappa shape index (κ2) is 12.7. The van der Waals surface area contributed by atoms with E-state index in [1.54, 1.807) is 60.7 Å². The second-order valence-corrected chi connectivity index (χ2v) is 7.58. The molecule has 0 unspecified atom stereocenters. The van der Waals surface area contributed by atoms with Crippen LogP contribution < -0.4 is 10.1 Å². The Morgan fingerprint density at radius 3 is 2.20 bits per heavy atom. The summed E-state index contributed by atoms with van der Waals surface area (Å²) in [7, 11) is 0. The number of carboxylic acid groups (broad SMARTS) is 1. The minimum atomic E-state index is -1.16. The molecule has 0 spiro atoms. The van der Waals surface area contributed by atoms with Gasteiger partial charge in [0.05, 0.1) is 13.0 Å². The van der Waals surface area contributed by atoms with Gasteiger partial charge in [0.15, 0.2) is 0 Å². The van der Waals surface area contributed by atoms with Gasteiger partial charge in [0, 0.05) is 5.69 Å². The number of carboxylic acids is 1. The monoisotopic (exact) mass is 480 g/mol. The summed E-state index contributed by atoms with van der Waals surface area (Å²) in [5.41, 5.74) is 1.90. The molecule has 0 aliphatic heterocycles. The van der Waals surface area contributed by atoms with Crippen LogP contribution in [0.3, 0.4) is 0 Å². The van der Waals surface area contributed by atoms with Gasteiger partial charge in [-0.05, 0) is 47.5 Å². The van der Waals surface area contributed by atoms with E-state index in [0.717, 1.165) is 4.90 Å². The number of carbonyl (C=O) groups is 3. The zero-order valence-corrected chi connectivity index (χ0v) is 18.9. The maximum Gasteiger partial charge on any atom is 0.410 e. The third-order valence-corrected chi connectivity index (χ3v) is 4.84. The molecule has 2 N–H and O–H groups in total. The molecule has 3 aromatic rings. The molecule has 8 nitrogen and oxygen atoms in total. The lowest BCUT2D eigenvalue weighted by atomic mass is 10.1. The fourth-order valence-electron chi connectivity index (χ4n) is 3.10. The summed E-state index contributed by atoms with van der Waals surface area (Å²) in [5.74, 6) is -1.17. The summed E-state index contributed by atoms with van der Waals surface area (Å²) >= 11 is 0. The van der Waals surface area contributed by atoms with Gasteiger partial charge in [-0.3, -0.25) is 14.5 Å². The molecule has 9 heteroatoms. The number of rotatable bonds is 11. The maximum atomic E-state index is 13.0. The van der Waals surface area contributed by atoms with E-state index in [0.29, 0.717) is 22.6 Å². The molecule has 3 rings (SSSR count). The maximum absolute atomic E-state index is 13.0. The SMILES string of the molecule is O=C(O)CN(CCOc1ccccc1)C(=O)OCc1ccc(NC(=O)Cc2ccc(F)cc2)cc1. The van der Waals surface area contributed by atoms with Gasteiger partial charge in [-0.25, -0.2) is 9.18 Å². The first-order valence-corrected chi connectivity index (χ1v) is 10.8. The fraction of sp³-hybridized carbons (Fsp3) is 0.192. The van der Waals surface area contributed by atoms with E-state index in [1.165, 1.54) is 12.1 Å². The van der Waals surface area contributed by atoms with Crippen molar-refractivity contribution in [3.63, 3.8) is 0 Å². The van der Waals surface area contributed by atoms with Crippen LogP contribution in [0, 0.1) is 5.82 Å². The molecule has 0 fully saturated rings. The van der Waals surface area contributed by atoms with Crippen LogP contribution in [-0.4, -0.2) is 47.7 Å². The van der Waals surface area contributed by atoms with E-state index in [2.05, 4.69) is 5.32 Å². The van der Waals surface area contributed by atoms with Crippen LogP contribution >= 0.6 is 0 Å². The number of carbonyl (C=O) groups excluding carboxylic acids is 2. The van der Waals surface area contributed by atoms with Crippen LogP contribution in [0.15, 0.2) is 78.9 Å². The molecule has 0 aliphatic carbocycles. The Morgan fingerprint density at radius 1 is 0.886 bits per heavy atom. The summed E-state index contributed by atoms with van der Waals surface area (Å²) in [5, 5.41) is 11.8. The Morgan fingerprint density at radius 2 is 1.54 bits per heavy atom.